The molecule has 0 aliphatic rings. The van der Waals surface area contributed by atoms with Crippen LogP contribution in [0.1, 0.15) is 32.8 Å². The normalized spacial score (nSPS) is 15.4. The Hall–Kier alpha value is -1.82. The fourth-order valence-electron chi connectivity index (χ4n) is 4.39. The summed E-state index contributed by atoms with van der Waals surface area (Å²) in [5.74, 6) is 0. The lowest BCUT2D eigenvalue weighted by Gasteiger charge is -2.37. The molecule has 0 saturated heterocycles. The molecule has 0 aliphatic heterocycles. The molecular formula is C27H39NO3PSSi+. The molecule has 7 heteroatoms. The summed E-state index contributed by atoms with van der Waals surface area (Å²) >= 11 is 0. The largest absolute Gasteiger partial charge is 0.467 e. The third-order valence-electron chi connectivity index (χ3n) is 5.99. The molecule has 0 N–H and O–H groups in total. The van der Waals surface area contributed by atoms with Crippen molar-refractivity contribution in [3.05, 3.63) is 85.5 Å². The van der Waals surface area contributed by atoms with E-state index in [1.165, 1.54) is 9.49 Å². The van der Waals surface area contributed by atoms with Crippen LogP contribution in [0.2, 0.25) is 5.04 Å². The summed E-state index contributed by atoms with van der Waals surface area (Å²) in [6.07, 6.45) is 8.36. The first-order valence-electron chi connectivity index (χ1n) is 11.5. The van der Waals surface area contributed by atoms with Crippen molar-refractivity contribution in [1.29, 1.82) is 0 Å². The van der Waals surface area contributed by atoms with Gasteiger partial charge in [-0.2, -0.15) is 4.31 Å². The van der Waals surface area contributed by atoms with E-state index in [0.29, 0.717) is 6.42 Å². The molecule has 0 fully saturated rings. The highest BCUT2D eigenvalue weighted by Gasteiger charge is 2.60. The van der Waals surface area contributed by atoms with Gasteiger partial charge in [-0.05, 0) is 25.5 Å². The summed E-state index contributed by atoms with van der Waals surface area (Å²) in [4.78, 5) is 0.270. The Morgan fingerprint density at radius 1 is 1.06 bits per heavy atom. The van der Waals surface area contributed by atoms with Crippen molar-refractivity contribution >= 4 is 36.6 Å². The highest BCUT2D eigenvalue weighted by atomic mass is 32.2. The van der Waals surface area contributed by atoms with Crippen molar-refractivity contribution in [1.82, 2.24) is 4.31 Å². The molecule has 2 rings (SSSR count). The van der Waals surface area contributed by atoms with Gasteiger partial charge in [-0.25, -0.2) is 8.42 Å². The number of nitrogens with zero attached hydrogens (tertiary/aromatic N) is 1. The number of benzene rings is 2. The predicted octanol–water partition coefficient (Wildman–Crippen LogP) is 5.83. The summed E-state index contributed by atoms with van der Waals surface area (Å²) in [5, 5.41) is 1.06. The highest BCUT2D eigenvalue weighted by molar-refractivity contribution is 7.94. The second-order valence-corrected chi connectivity index (χ2v) is 20.7. The number of hydrogen-bond donors (Lipinski definition) is 0. The second kappa shape index (κ2) is 11.7. The fourth-order valence-corrected chi connectivity index (χ4v) is 16.4. The lowest BCUT2D eigenvalue weighted by molar-refractivity contribution is 0.206. The van der Waals surface area contributed by atoms with E-state index in [1.807, 2.05) is 37.3 Å². The Morgan fingerprint density at radius 2 is 1.65 bits per heavy atom. The van der Waals surface area contributed by atoms with Gasteiger partial charge in [0.25, 0.3) is 0 Å². The van der Waals surface area contributed by atoms with E-state index in [2.05, 4.69) is 59.0 Å². The van der Waals surface area contributed by atoms with Gasteiger partial charge in [0.1, 0.15) is 0 Å². The zero-order chi connectivity index (χ0) is 25.6. The minimum atomic E-state index is -3.75. The molecule has 3 unspecified atom stereocenters. The van der Waals surface area contributed by atoms with E-state index in [0.717, 1.165) is 5.56 Å². The number of rotatable bonds is 12. The maximum Gasteiger partial charge on any atom is 0.467 e. The van der Waals surface area contributed by atoms with Gasteiger partial charge in [-0.3, -0.25) is 0 Å². The monoisotopic (exact) mass is 516 g/mol. The molecular weight excluding hydrogens is 477 g/mol. The molecule has 34 heavy (non-hydrogen) atoms. The first-order valence-corrected chi connectivity index (χ1v) is 17.6. The molecule has 4 nitrogen and oxygen atoms in total. The topological polar surface area (TPSA) is 46.6 Å². The molecule has 0 aliphatic carbocycles. The fraction of sp³-hybridized carbons (Fsp3) is 0.370. The van der Waals surface area contributed by atoms with Crippen LogP contribution in [0.4, 0.5) is 0 Å². The maximum absolute atomic E-state index is 13.7. The van der Waals surface area contributed by atoms with Gasteiger partial charge in [0, 0.05) is 16.8 Å². The van der Waals surface area contributed by atoms with Crippen molar-refractivity contribution in [2.24, 2.45) is 0 Å². The molecule has 2 aromatic rings. The Balaban J connectivity index is 2.53. The van der Waals surface area contributed by atoms with E-state index in [4.69, 9.17) is 4.43 Å². The van der Waals surface area contributed by atoms with Crippen LogP contribution in [0.15, 0.2) is 84.8 Å². The molecule has 0 heterocycles. The lowest BCUT2D eigenvalue weighted by Crippen LogP contribution is -2.57. The Labute approximate surface area is 208 Å². The SMILES string of the molecule is C=CCC(CO[Si](c1ccccc1)([P+](=C)C)C(C)(C)C)N(CC=C)S(=O)(=O)c1ccc(C)cc1. The zero-order valence-electron chi connectivity index (χ0n) is 21.2. The quantitative estimate of drug-likeness (QED) is 0.203. The van der Waals surface area contributed by atoms with Crippen molar-refractivity contribution in [3.8, 4) is 0 Å². The Bertz CT molecular complexity index is 1090. The van der Waals surface area contributed by atoms with E-state index in [-0.39, 0.29) is 23.1 Å². The van der Waals surface area contributed by atoms with Gasteiger partial charge < -0.3 is 4.43 Å². The van der Waals surface area contributed by atoms with E-state index in [9.17, 15) is 8.42 Å². The highest BCUT2D eigenvalue weighted by Crippen LogP contribution is 2.49. The molecule has 0 radical (unpaired) electrons. The first-order chi connectivity index (χ1) is 15.9. The van der Waals surface area contributed by atoms with Gasteiger partial charge in [0.05, 0.1) is 37.6 Å². The van der Waals surface area contributed by atoms with Gasteiger partial charge in [0.15, 0.2) is 0 Å². The third kappa shape index (κ3) is 6.05. The maximum atomic E-state index is 13.7. The molecule has 2 aromatic carbocycles. The van der Waals surface area contributed by atoms with Crippen LogP contribution in [0.5, 0.6) is 0 Å². The second-order valence-electron chi connectivity index (χ2n) is 9.62. The van der Waals surface area contributed by atoms with Crippen LogP contribution in [0.25, 0.3) is 0 Å². The van der Waals surface area contributed by atoms with Crippen LogP contribution >= 0.6 is 7.09 Å². The summed E-state index contributed by atoms with van der Waals surface area (Å²) < 4.78 is 35.8. The molecule has 0 aromatic heterocycles. The van der Waals surface area contributed by atoms with Crippen molar-refractivity contribution in [2.45, 2.75) is 50.1 Å². The average Bonchev–Trinajstić information content (AvgIpc) is 2.77. The van der Waals surface area contributed by atoms with E-state index < -0.39 is 31.1 Å². The van der Waals surface area contributed by atoms with Crippen LogP contribution < -0.4 is 5.19 Å². The predicted molar refractivity (Wildman–Crippen MR) is 151 cm³/mol. The minimum absolute atomic E-state index is 0.131. The number of aryl methyl sites for hydroxylation is 1. The van der Waals surface area contributed by atoms with Gasteiger partial charge in [0.2, 0.25) is 10.0 Å². The molecule has 184 valence electrons. The molecule has 0 bridgehead atoms. The number of hydrogen-bond acceptors (Lipinski definition) is 3. The van der Waals surface area contributed by atoms with Gasteiger partial charge in [-0.15, -0.1) is 13.2 Å². The smallest absolute Gasteiger partial charge is 0.375 e. The lowest BCUT2D eigenvalue weighted by atomic mass is 10.2. The molecule has 0 amide bonds. The average molecular weight is 517 g/mol. The molecule has 0 saturated carbocycles. The molecule has 3 atom stereocenters. The number of sulfonamides is 1. The minimum Gasteiger partial charge on any atom is -0.375 e. The Kier molecular flexibility index (Phi) is 9.81. The summed E-state index contributed by atoms with van der Waals surface area (Å²) in [6, 6.07) is 16.9. The molecule has 0 spiro atoms. The van der Waals surface area contributed by atoms with E-state index in [1.54, 1.807) is 24.3 Å². The van der Waals surface area contributed by atoms with Gasteiger partial charge >= 0.3 is 7.98 Å². The van der Waals surface area contributed by atoms with Crippen molar-refractivity contribution in [3.63, 3.8) is 0 Å². The summed E-state index contributed by atoms with van der Waals surface area (Å²) in [5.41, 5.74) is 1.01. The van der Waals surface area contributed by atoms with Crippen molar-refractivity contribution in [2.75, 3.05) is 19.8 Å². The van der Waals surface area contributed by atoms with Crippen LogP contribution in [-0.2, 0) is 14.4 Å². The first kappa shape index (κ1) is 28.4. The third-order valence-corrected chi connectivity index (χ3v) is 19.1. The van der Waals surface area contributed by atoms with Gasteiger partial charge in [-0.1, -0.05) is 81.0 Å². The van der Waals surface area contributed by atoms with Crippen LogP contribution in [0.3, 0.4) is 0 Å². The standard InChI is InChI=1S/C27H39NO3PSSi/c1-9-14-24(28(21-10-2)33(29,30)25-19-17-23(3)18-20-25)22-31-34(32(7)8,27(4,5)6)26-15-12-11-13-16-26/h9-13,15-20,24H,1-2,7,14,21-22H2,3-6,8H3/q+1. The Morgan fingerprint density at radius 3 is 2.12 bits per heavy atom. The van der Waals surface area contributed by atoms with Crippen LogP contribution in [0, 0.1) is 6.92 Å². The van der Waals surface area contributed by atoms with Crippen LogP contribution in [-0.4, -0.2) is 52.9 Å². The summed E-state index contributed by atoms with van der Waals surface area (Å²) in [6.45, 7) is 18.9. The van der Waals surface area contributed by atoms with Crippen molar-refractivity contribution < 1.29 is 12.8 Å². The zero-order valence-corrected chi connectivity index (χ0v) is 23.9. The summed E-state index contributed by atoms with van der Waals surface area (Å²) in [7, 11) is -7.04. The van der Waals surface area contributed by atoms with E-state index >= 15 is 0 Å².